The molecule has 0 spiro atoms. The van der Waals surface area contributed by atoms with Crippen LogP contribution in [-0.2, 0) is 14.8 Å². The lowest BCUT2D eigenvalue weighted by Crippen LogP contribution is -2.20. The van der Waals surface area contributed by atoms with Gasteiger partial charge in [0.15, 0.2) is 6.61 Å². The molecule has 3 aromatic rings. The summed E-state index contributed by atoms with van der Waals surface area (Å²) in [6.45, 7) is 1.64. The first-order valence-corrected chi connectivity index (χ1v) is 10.7. The fraction of sp³-hybridized carbons (Fsp3) is 0.0952. The minimum absolute atomic E-state index is 0.0279. The third kappa shape index (κ3) is 5.71. The van der Waals surface area contributed by atoms with Crippen LogP contribution in [-0.4, -0.2) is 20.9 Å². The van der Waals surface area contributed by atoms with Crippen molar-refractivity contribution < 1.29 is 22.3 Å². The van der Waals surface area contributed by atoms with E-state index in [1.54, 1.807) is 12.1 Å². The zero-order chi connectivity index (χ0) is 21.7. The number of carbonyl (C=O) groups is 1. The van der Waals surface area contributed by atoms with Gasteiger partial charge < -0.3 is 10.1 Å². The van der Waals surface area contributed by atoms with Crippen molar-refractivity contribution >= 4 is 38.9 Å². The summed E-state index contributed by atoms with van der Waals surface area (Å²) in [6.07, 6.45) is 0. The summed E-state index contributed by atoms with van der Waals surface area (Å²) in [7, 11) is -3.93. The molecule has 0 aliphatic rings. The topological polar surface area (TPSA) is 84.5 Å². The molecular formula is C21H18ClFN2O4S. The van der Waals surface area contributed by atoms with Crippen molar-refractivity contribution in [2.75, 3.05) is 16.6 Å². The molecule has 0 aromatic heterocycles. The molecule has 0 unspecified atom stereocenters. The highest BCUT2D eigenvalue weighted by Gasteiger charge is 2.17. The summed E-state index contributed by atoms with van der Waals surface area (Å²) in [5, 5.41) is 2.71. The van der Waals surface area contributed by atoms with Gasteiger partial charge in [-0.25, -0.2) is 12.8 Å². The van der Waals surface area contributed by atoms with Crippen LogP contribution in [0.3, 0.4) is 0 Å². The molecule has 0 atom stereocenters. The highest BCUT2D eigenvalue weighted by atomic mass is 35.5. The van der Waals surface area contributed by atoms with Crippen LogP contribution >= 0.6 is 11.6 Å². The molecule has 6 nitrogen and oxygen atoms in total. The van der Waals surface area contributed by atoms with E-state index < -0.39 is 15.8 Å². The number of rotatable bonds is 7. The number of ether oxygens (including phenoxy) is 1. The molecule has 3 rings (SSSR count). The molecule has 0 fully saturated rings. The van der Waals surface area contributed by atoms with E-state index in [0.717, 1.165) is 17.7 Å². The maximum absolute atomic E-state index is 13.0. The van der Waals surface area contributed by atoms with E-state index in [1.807, 2.05) is 19.1 Å². The van der Waals surface area contributed by atoms with Gasteiger partial charge in [-0.15, -0.1) is 0 Å². The van der Waals surface area contributed by atoms with Crippen molar-refractivity contribution in [2.45, 2.75) is 11.8 Å². The molecule has 0 heterocycles. The molecule has 1 amide bonds. The van der Waals surface area contributed by atoms with Crippen molar-refractivity contribution in [3.05, 3.63) is 83.1 Å². The first-order valence-electron chi connectivity index (χ1n) is 8.80. The Labute approximate surface area is 178 Å². The lowest BCUT2D eigenvalue weighted by Gasteiger charge is -2.12. The highest BCUT2D eigenvalue weighted by Crippen LogP contribution is 2.28. The molecule has 0 aliphatic heterocycles. The van der Waals surface area contributed by atoms with E-state index in [4.69, 9.17) is 16.3 Å². The molecule has 2 N–H and O–H groups in total. The number of anilines is 2. The van der Waals surface area contributed by atoms with Gasteiger partial charge in [0.1, 0.15) is 11.6 Å². The Morgan fingerprint density at radius 2 is 1.63 bits per heavy atom. The highest BCUT2D eigenvalue weighted by molar-refractivity contribution is 7.92. The van der Waals surface area contributed by atoms with Crippen LogP contribution in [0, 0.1) is 12.7 Å². The van der Waals surface area contributed by atoms with Gasteiger partial charge in [0.2, 0.25) is 0 Å². The van der Waals surface area contributed by atoms with Crippen LogP contribution in [0.2, 0.25) is 5.02 Å². The van der Waals surface area contributed by atoms with E-state index in [0.29, 0.717) is 5.69 Å². The number of amides is 1. The minimum atomic E-state index is -3.93. The predicted molar refractivity (Wildman–Crippen MR) is 114 cm³/mol. The number of carbonyl (C=O) groups excluding carboxylic acids is 1. The first kappa shape index (κ1) is 21.6. The van der Waals surface area contributed by atoms with Gasteiger partial charge in [-0.1, -0.05) is 29.3 Å². The predicted octanol–water partition coefficient (Wildman–Crippen LogP) is 4.61. The summed E-state index contributed by atoms with van der Waals surface area (Å²) >= 11 is 6.12. The second-order valence-corrected chi connectivity index (χ2v) is 8.50. The van der Waals surface area contributed by atoms with Gasteiger partial charge in [-0.2, -0.15) is 0 Å². The Hall–Kier alpha value is -3.10. The molecule has 0 bridgehead atoms. The van der Waals surface area contributed by atoms with Crippen LogP contribution in [0.4, 0.5) is 15.8 Å². The van der Waals surface area contributed by atoms with Crippen molar-refractivity contribution in [1.29, 1.82) is 0 Å². The van der Waals surface area contributed by atoms with Crippen molar-refractivity contribution in [2.24, 2.45) is 0 Å². The molecule has 30 heavy (non-hydrogen) atoms. The zero-order valence-corrected chi connectivity index (χ0v) is 17.4. The normalized spacial score (nSPS) is 11.0. The Morgan fingerprint density at radius 3 is 2.27 bits per heavy atom. The van der Waals surface area contributed by atoms with Gasteiger partial charge in [0.25, 0.3) is 15.9 Å². The van der Waals surface area contributed by atoms with Crippen molar-refractivity contribution in [1.82, 2.24) is 0 Å². The second kappa shape index (κ2) is 9.15. The van der Waals surface area contributed by atoms with E-state index in [9.17, 15) is 17.6 Å². The molecule has 156 valence electrons. The third-order valence-corrected chi connectivity index (χ3v) is 5.68. The van der Waals surface area contributed by atoms with Gasteiger partial charge in [-0.3, -0.25) is 9.52 Å². The summed E-state index contributed by atoms with van der Waals surface area (Å²) in [5.41, 5.74) is 1.91. The maximum atomic E-state index is 13.0. The van der Waals surface area contributed by atoms with Gasteiger partial charge in [-0.05, 0) is 61.5 Å². The lowest BCUT2D eigenvalue weighted by molar-refractivity contribution is -0.118. The van der Waals surface area contributed by atoms with Gasteiger partial charge in [0, 0.05) is 11.4 Å². The standard InChI is InChI=1S/C21H18ClFN2O4S/c1-14-2-6-16(7-3-14)24-21(26)13-29-20-11-10-18(12-19(20)22)30(27,28)25-17-8-4-15(23)5-9-17/h2-12,25H,13H2,1H3,(H,24,26). The lowest BCUT2D eigenvalue weighted by atomic mass is 10.2. The van der Waals surface area contributed by atoms with Gasteiger partial charge >= 0.3 is 0 Å². The Morgan fingerprint density at radius 1 is 1.00 bits per heavy atom. The molecule has 3 aromatic carbocycles. The van der Waals surface area contributed by atoms with Crippen LogP contribution in [0.15, 0.2) is 71.6 Å². The molecule has 0 aliphatic carbocycles. The Kier molecular flexibility index (Phi) is 6.59. The fourth-order valence-electron chi connectivity index (χ4n) is 2.48. The number of nitrogens with one attached hydrogen (secondary N) is 2. The third-order valence-electron chi connectivity index (χ3n) is 4.00. The minimum Gasteiger partial charge on any atom is -0.482 e. The van der Waals surface area contributed by atoms with Crippen molar-refractivity contribution in [3.8, 4) is 5.75 Å². The number of hydrogen-bond donors (Lipinski definition) is 2. The Bertz CT molecular complexity index is 1150. The average Bonchev–Trinajstić information content (AvgIpc) is 2.70. The van der Waals surface area contributed by atoms with Crippen LogP contribution < -0.4 is 14.8 Å². The summed E-state index contributed by atoms with van der Waals surface area (Å²) in [6, 6.07) is 16.0. The quantitative estimate of drug-likeness (QED) is 0.553. The van der Waals surface area contributed by atoms with E-state index in [2.05, 4.69) is 10.0 Å². The second-order valence-electron chi connectivity index (χ2n) is 6.41. The molecule has 0 radical (unpaired) electrons. The van der Waals surface area contributed by atoms with Crippen LogP contribution in [0.1, 0.15) is 5.56 Å². The summed E-state index contributed by atoms with van der Waals surface area (Å²) in [5.74, 6) is -0.699. The van der Waals surface area contributed by atoms with Gasteiger partial charge in [0.05, 0.1) is 9.92 Å². The molecule has 9 heteroatoms. The number of aryl methyl sites for hydroxylation is 1. The number of benzene rings is 3. The van der Waals surface area contributed by atoms with Crippen LogP contribution in [0.5, 0.6) is 5.75 Å². The zero-order valence-electron chi connectivity index (χ0n) is 15.9. The molecular weight excluding hydrogens is 431 g/mol. The van der Waals surface area contributed by atoms with E-state index in [1.165, 1.54) is 30.3 Å². The maximum Gasteiger partial charge on any atom is 0.262 e. The molecule has 0 saturated heterocycles. The summed E-state index contributed by atoms with van der Waals surface area (Å²) < 4.78 is 45.6. The smallest absolute Gasteiger partial charge is 0.262 e. The average molecular weight is 449 g/mol. The number of sulfonamides is 1. The summed E-state index contributed by atoms with van der Waals surface area (Å²) in [4.78, 5) is 11.9. The number of halogens is 2. The van der Waals surface area contributed by atoms with Crippen molar-refractivity contribution in [3.63, 3.8) is 0 Å². The largest absolute Gasteiger partial charge is 0.482 e. The van der Waals surface area contributed by atoms with E-state index >= 15 is 0 Å². The monoisotopic (exact) mass is 448 g/mol. The Balaban J connectivity index is 1.63. The van der Waals surface area contributed by atoms with E-state index in [-0.39, 0.29) is 33.9 Å². The number of hydrogen-bond acceptors (Lipinski definition) is 4. The fourth-order valence-corrected chi connectivity index (χ4v) is 3.86. The SMILES string of the molecule is Cc1ccc(NC(=O)COc2ccc(S(=O)(=O)Nc3ccc(F)cc3)cc2Cl)cc1. The molecule has 0 saturated carbocycles. The van der Waals surface area contributed by atoms with Crippen LogP contribution in [0.25, 0.3) is 0 Å². The first-order chi connectivity index (χ1) is 14.2.